The third-order valence-electron chi connectivity index (χ3n) is 5.33. The van der Waals surface area contributed by atoms with Crippen LogP contribution in [0.5, 0.6) is 0 Å². The van der Waals surface area contributed by atoms with E-state index in [1.807, 2.05) is 0 Å². The van der Waals surface area contributed by atoms with Gasteiger partial charge in [0.2, 0.25) is 0 Å². The Balaban J connectivity index is 0. The summed E-state index contributed by atoms with van der Waals surface area (Å²) >= 11 is 0. The number of halogens is 26. The average Bonchev–Trinajstić information content (AvgIpc) is 2.80. The summed E-state index contributed by atoms with van der Waals surface area (Å²) in [6.07, 6.45) is -22.4. The molecule has 0 aromatic carbocycles. The monoisotopic (exact) mass is 812 g/mol. The molecule has 0 aliphatic carbocycles. The molecule has 0 rings (SSSR count). The van der Waals surface area contributed by atoms with Gasteiger partial charge >= 0.3 is 101 Å². The van der Waals surface area contributed by atoms with Gasteiger partial charge in [-0.25, -0.2) is 0 Å². The zero-order chi connectivity index (χ0) is 38.7. The Bertz CT molecular complexity index is 1060. The molecule has 0 saturated carbocycles. The quantitative estimate of drug-likeness (QED) is 0.113. The summed E-state index contributed by atoms with van der Waals surface area (Å²) in [5.74, 6) is -79.6. The minimum absolute atomic E-state index is 0. The van der Waals surface area contributed by atoms with Crippen molar-refractivity contribution in [3.05, 3.63) is 0 Å². The molecule has 0 fully saturated rings. The molecule has 0 heterocycles. The molecule has 0 aromatic rings. The van der Waals surface area contributed by atoms with Crippen LogP contribution in [-0.4, -0.2) is 84.8 Å². The molecular formula is C16H8F26NaO4P. The molecule has 0 N–H and O–H groups in total. The van der Waals surface area contributed by atoms with E-state index in [-0.39, 0.29) is 29.6 Å². The third kappa shape index (κ3) is 8.01. The number of rotatable bonds is 16. The smallest absolute Gasteiger partial charge is 0.756 e. The van der Waals surface area contributed by atoms with Crippen molar-refractivity contribution in [3.8, 4) is 0 Å². The van der Waals surface area contributed by atoms with Crippen molar-refractivity contribution in [1.29, 1.82) is 0 Å². The Hall–Kier alpha value is -0.710. The van der Waals surface area contributed by atoms with E-state index in [0.717, 1.165) is 0 Å². The van der Waals surface area contributed by atoms with Crippen LogP contribution in [0.1, 0.15) is 12.8 Å². The first-order valence-corrected chi connectivity index (χ1v) is 11.9. The van der Waals surface area contributed by atoms with Crippen LogP contribution in [0.15, 0.2) is 0 Å². The predicted molar refractivity (Wildman–Crippen MR) is 90.3 cm³/mol. The second-order valence-corrected chi connectivity index (χ2v) is 10.0. The Morgan fingerprint density at radius 1 is 0.375 bits per heavy atom. The van der Waals surface area contributed by atoms with Crippen molar-refractivity contribution in [3.63, 3.8) is 0 Å². The van der Waals surface area contributed by atoms with Crippen LogP contribution in [0.4, 0.5) is 114 Å². The van der Waals surface area contributed by atoms with Gasteiger partial charge in [-0.05, 0) is 0 Å². The fourth-order valence-electron chi connectivity index (χ4n) is 2.53. The summed E-state index contributed by atoms with van der Waals surface area (Å²) < 4.78 is 354. The second kappa shape index (κ2) is 13.7. The average molecular weight is 812 g/mol. The van der Waals surface area contributed by atoms with E-state index in [0.29, 0.717) is 0 Å². The minimum atomic E-state index is -8.38. The molecule has 284 valence electrons. The van der Waals surface area contributed by atoms with Gasteiger partial charge in [0.05, 0.1) is 13.2 Å². The van der Waals surface area contributed by atoms with Crippen LogP contribution in [0.2, 0.25) is 0 Å². The first kappa shape index (κ1) is 49.4. The zero-order valence-corrected chi connectivity index (χ0v) is 24.6. The largest absolute Gasteiger partial charge is 1.00 e. The first-order chi connectivity index (χ1) is 19.9. The molecule has 4 nitrogen and oxygen atoms in total. The minimum Gasteiger partial charge on any atom is -0.756 e. The van der Waals surface area contributed by atoms with E-state index in [4.69, 9.17) is 0 Å². The summed E-state index contributed by atoms with van der Waals surface area (Å²) in [6.45, 7) is -5.71. The molecule has 0 radical (unpaired) electrons. The van der Waals surface area contributed by atoms with Gasteiger partial charge in [-0.3, -0.25) is 4.57 Å². The molecule has 0 spiro atoms. The van der Waals surface area contributed by atoms with Crippen LogP contribution in [0.3, 0.4) is 0 Å². The third-order valence-corrected chi connectivity index (χ3v) is 6.33. The fourth-order valence-corrected chi connectivity index (χ4v) is 3.23. The normalized spacial score (nSPS) is 16.2. The van der Waals surface area contributed by atoms with E-state index in [2.05, 4.69) is 9.05 Å². The first-order valence-electron chi connectivity index (χ1n) is 10.4. The maximum absolute atomic E-state index is 13.6. The summed E-state index contributed by atoms with van der Waals surface area (Å²) in [7, 11) is -6.83. The van der Waals surface area contributed by atoms with Crippen LogP contribution < -0.4 is 34.5 Å². The van der Waals surface area contributed by atoms with Crippen molar-refractivity contribution in [2.24, 2.45) is 0 Å². The maximum atomic E-state index is 13.6. The number of hydrogen-bond donors (Lipinski definition) is 0. The van der Waals surface area contributed by atoms with Crippen LogP contribution in [0.25, 0.3) is 0 Å². The van der Waals surface area contributed by atoms with E-state index >= 15 is 0 Å². The second-order valence-electron chi connectivity index (χ2n) is 8.61. The molecule has 0 saturated heterocycles. The zero-order valence-electron chi connectivity index (χ0n) is 21.7. The van der Waals surface area contributed by atoms with Gasteiger partial charge in [0.1, 0.15) is 0 Å². The maximum Gasteiger partial charge on any atom is 1.00 e. The molecule has 0 aliphatic heterocycles. The molecule has 0 aliphatic rings. The van der Waals surface area contributed by atoms with Gasteiger partial charge in [-0.1, -0.05) is 0 Å². The fraction of sp³-hybridized carbons (Fsp3) is 1.00. The molecule has 0 amide bonds. The SMILES string of the molecule is O=P([O-])(OCCC(F)(F)C(F)(F)C(F)(F)C(F)(F)C(F)(F)C(F)(F)F)OCCC(F)(F)C(F)(F)C(F)(F)C(F)(F)C(F)(F)C(F)(F)F.[Na+]. The molecule has 0 unspecified atom stereocenters. The predicted octanol–water partition coefficient (Wildman–Crippen LogP) is 5.75. The van der Waals surface area contributed by atoms with Crippen molar-refractivity contribution in [2.75, 3.05) is 13.2 Å². The molecule has 0 aromatic heterocycles. The van der Waals surface area contributed by atoms with Gasteiger partial charge in [-0.15, -0.1) is 0 Å². The van der Waals surface area contributed by atoms with Crippen molar-refractivity contribution >= 4 is 7.82 Å². The summed E-state index contributed by atoms with van der Waals surface area (Å²) in [5.41, 5.74) is 0. The number of phosphoric acid groups is 1. The molecule has 0 bridgehead atoms. The Kier molecular flexibility index (Phi) is 14.1. The number of hydrogen-bond acceptors (Lipinski definition) is 4. The van der Waals surface area contributed by atoms with E-state index < -0.39 is 105 Å². The van der Waals surface area contributed by atoms with Crippen LogP contribution >= 0.6 is 7.82 Å². The Labute approximate surface area is 268 Å². The van der Waals surface area contributed by atoms with Crippen molar-refractivity contribution in [2.45, 2.75) is 84.4 Å². The molecule has 0 atom stereocenters. The van der Waals surface area contributed by atoms with Crippen molar-refractivity contribution in [1.82, 2.24) is 0 Å². The summed E-state index contributed by atoms with van der Waals surface area (Å²) in [4.78, 5) is 11.2. The standard InChI is InChI=1S/C16H9F26O4P.Na/c17-5(18,7(21,22)9(25,26)11(29,30)13(33,34)15(37,38)39)1-3-45-47(43,44)46-4-2-6(19,20)8(23,24)10(27,28)12(31,32)14(35,36)16(40,41)42;/h1-4H2,(H,43,44);/q;+1/p-1. The Morgan fingerprint density at radius 3 is 0.750 bits per heavy atom. The number of phosphoric ester groups is 1. The number of alkyl halides is 26. The Morgan fingerprint density at radius 2 is 0.562 bits per heavy atom. The van der Waals surface area contributed by atoms with Gasteiger partial charge in [0, 0.05) is 12.8 Å². The van der Waals surface area contributed by atoms with Gasteiger partial charge in [0.25, 0.3) is 7.82 Å². The molecule has 48 heavy (non-hydrogen) atoms. The summed E-state index contributed by atoms with van der Waals surface area (Å²) in [5, 5.41) is 0. The topological polar surface area (TPSA) is 58.6 Å². The van der Waals surface area contributed by atoms with Crippen LogP contribution in [-0.2, 0) is 13.6 Å². The van der Waals surface area contributed by atoms with Crippen LogP contribution in [0, 0.1) is 0 Å². The van der Waals surface area contributed by atoms with Gasteiger partial charge in [-0.2, -0.15) is 114 Å². The molecule has 32 heteroatoms. The van der Waals surface area contributed by atoms with E-state index in [1.54, 1.807) is 0 Å². The molecular weight excluding hydrogens is 804 g/mol. The van der Waals surface area contributed by atoms with Gasteiger partial charge < -0.3 is 13.9 Å². The summed E-state index contributed by atoms with van der Waals surface area (Å²) in [6, 6.07) is 0. The van der Waals surface area contributed by atoms with Gasteiger partial charge in [0.15, 0.2) is 0 Å². The van der Waals surface area contributed by atoms with E-state index in [1.165, 1.54) is 0 Å². The van der Waals surface area contributed by atoms with E-state index in [9.17, 15) is 124 Å². The van der Waals surface area contributed by atoms with Crippen molar-refractivity contribution < 1.29 is 162 Å².